The second-order valence-electron chi connectivity index (χ2n) is 5.00. The van der Waals surface area contributed by atoms with Gasteiger partial charge in [0.2, 0.25) is 5.91 Å². The maximum Gasteiger partial charge on any atom is 0.230 e. The first-order valence-corrected chi connectivity index (χ1v) is 6.20. The van der Waals surface area contributed by atoms with E-state index in [1.165, 1.54) is 0 Å². The molecular formula is C14H20N2O2. The van der Waals surface area contributed by atoms with Crippen molar-refractivity contribution >= 4 is 5.91 Å². The number of methoxy groups -OCH3 is 1. The van der Waals surface area contributed by atoms with E-state index >= 15 is 0 Å². The molecule has 0 saturated heterocycles. The number of amides is 1. The summed E-state index contributed by atoms with van der Waals surface area (Å²) < 4.78 is 5.17. The second-order valence-corrected chi connectivity index (χ2v) is 5.00. The van der Waals surface area contributed by atoms with E-state index in [2.05, 4.69) is 0 Å². The van der Waals surface area contributed by atoms with Gasteiger partial charge in [0.25, 0.3) is 0 Å². The van der Waals surface area contributed by atoms with Gasteiger partial charge in [0.15, 0.2) is 0 Å². The van der Waals surface area contributed by atoms with Gasteiger partial charge in [-0.05, 0) is 30.5 Å². The molecule has 1 aromatic carbocycles. The minimum Gasteiger partial charge on any atom is -0.497 e. The predicted molar refractivity (Wildman–Crippen MR) is 70.2 cm³/mol. The van der Waals surface area contributed by atoms with E-state index in [1.54, 1.807) is 12.0 Å². The van der Waals surface area contributed by atoms with E-state index in [-0.39, 0.29) is 11.3 Å². The highest BCUT2D eigenvalue weighted by molar-refractivity contribution is 5.85. The van der Waals surface area contributed by atoms with Crippen LogP contribution in [0.5, 0.6) is 5.75 Å². The van der Waals surface area contributed by atoms with Gasteiger partial charge in [-0.2, -0.15) is 0 Å². The molecule has 2 N–H and O–H groups in total. The summed E-state index contributed by atoms with van der Waals surface area (Å²) in [4.78, 5) is 14.0. The van der Waals surface area contributed by atoms with Gasteiger partial charge in [0.05, 0.1) is 12.5 Å². The number of rotatable bonds is 5. The molecule has 0 unspecified atom stereocenters. The van der Waals surface area contributed by atoms with Gasteiger partial charge in [-0.1, -0.05) is 12.1 Å². The molecule has 1 amide bonds. The largest absolute Gasteiger partial charge is 0.497 e. The lowest BCUT2D eigenvalue weighted by Gasteiger charge is -2.22. The highest BCUT2D eigenvalue weighted by Gasteiger charge is 2.49. The lowest BCUT2D eigenvalue weighted by Crippen LogP contribution is -2.37. The summed E-state index contributed by atoms with van der Waals surface area (Å²) in [5, 5.41) is 0. The van der Waals surface area contributed by atoms with Crippen LogP contribution < -0.4 is 10.5 Å². The van der Waals surface area contributed by atoms with Crippen molar-refractivity contribution in [2.75, 3.05) is 20.7 Å². The smallest absolute Gasteiger partial charge is 0.230 e. The van der Waals surface area contributed by atoms with Gasteiger partial charge in [0, 0.05) is 20.1 Å². The van der Waals surface area contributed by atoms with Crippen LogP contribution >= 0.6 is 0 Å². The Morgan fingerprint density at radius 2 is 2.22 bits per heavy atom. The molecule has 1 saturated carbocycles. The van der Waals surface area contributed by atoms with Crippen molar-refractivity contribution in [2.45, 2.75) is 19.4 Å². The average molecular weight is 248 g/mol. The molecule has 98 valence electrons. The van der Waals surface area contributed by atoms with E-state index in [1.807, 2.05) is 31.3 Å². The minimum atomic E-state index is -0.270. The Kier molecular flexibility index (Phi) is 3.57. The number of nitrogens with two attached hydrogens (primary N) is 1. The molecule has 18 heavy (non-hydrogen) atoms. The molecule has 0 heterocycles. The Morgan fingerprint density at radius 3 is 2.78 bits per heavy atom. The average Bonchev–Trinajstić information content (AvgIpc) is 3.19. The van der Waals surface area contributed by atoms with Crippen LogP contribution in [0.25, 0.3) is 0 Å². The van der Waals surface area contributed by atoms with Crippen molar-refractivity contribution in [2.24, 2.45) is 11.1 Å². The summed E-state index contributed by atoms with van der Waals surface area (Å²) in [6, 6.07) is 7.77. The fourth-order valence-corrected chi connectivity index (χ4v) is 2.18. The molecule has 2 rings (SSSR count). The number of ether oxygens (including phenoxy) is 1. The standard InChI is InChI=1S/C14H20N2O2/c1-16(13(17)14(10-15)6-7-14)9-11-4-3-5-12(8-11)18-2/h3-5,8H,6-7,9-10,15H2,1-2H3. The summed E-state index contributed by atoms with van der Waals surface area (Å²) in [5.41, 5.74) is 6.48. The lowest BCUT2D eigenvalue weighted by molar-refractivity contribution is -0.135. The Balaban J connectivity index is 2.02. The van der Waals surface area contributed by atoms with E-state index in [4.69, 9.17) is 10.5 Å². The molecule has 1 aromatic rings. The molecule has 4 nitrogen and oxygen atoms in total. The van der Waals surface area contributed by atoms with Crippen LogP contribution in [0.15, 0.2) is 24.3 Å². The molecular weight excluding hydrogens is 228 g/mol. The van der Waals surface area contributed by atoms with Gasteiger partial charge in [-0.15, -0.1) is 0 Å². The van der Waals surface area contributed by atoms with Crippen molar-refractivity contribution < 1.29 is 9.53 Å². The summed E-state index contributed by atoms with van der Waals surface area (Å²) in [6.07, 6.45) is 1.84. The van der Waals surface area contributed by atoms with Crippen molar-refractivity contribution in [3.63, 3.8) is 0 Å². The quantitative estimate of drug-likeness (QED) is 0.856. The number of hydrogen-bond acceptors (Lipinski definition) is 3. The first-order valence-electron chi connectivity index (χ1n) is 6.20. The molecule has 0 atom stereocenters. The predicted octanol–water partition coefficient (Wildman–Crippen LogP) is 1.39. The first kappa shape index (κ1) is 12.9. The van der Waals surface area contributed by atoms with Crippen LogP contribution in [-0.4, -0.2) is 31.5 Å². The number of carbonyl (C=O) groups is 1. The number of benzene rings is 1. The van der Waals surface area contributed by atoms with E-state index in [9.17, 15) is 4.79 Å². The minimum absolute atomic E-state index is 0.160. The van der Waals surface area contributed by atoms with Gasteiger partial charge in [-0.3, -0.25) is 4.79 Å². The molecule has 1 aliphatic rings. The fourth-order valence-electron chi connectivity index (χ4n) is 2.18. The highest BCUT2D eigenvalue weighted by Crippen LogP contribution is 2.46. The SMILES string of the molecule is COc1cccc(CN(C)C(=O)C2(CN)CC2)c1. The summed E-state index contributed by atoms with van der Waals surface area (Å²) in [6.45, 7) is 1.05. The molecule has 0 spiro atoms. The number of carbonyl (C=O) groups excluding carboxylic acids is 1. The van der Waals surface area contributed by atoms with Crippen LogP contribution in [0.1, 0.15) is 18.4 Å². The van der Waals surface area contributed by atoms with Crippen molar-refractivity contribution in [1.82, 2.24) is 4.90 Å². The summed E-state index contributed by atoms with van der Waals surface area (Å²) in [5.74, 6) is 0.973. The number of nitrogens with zero attached hydrogens (tertiary/aromatic N) is 1. The maximum absolute atomic E-state index is 12.2. The van der Waals surface area contributed by atoms with Crippen molar-refractivity contribution in [3.8, 4) is 5.75 Å². The topological polar surface area (TPSA) is 55.6 Å². The molecule has 1 aliphatic carbocycles. The molecule has 0 aliphatic heterocycles. The van der Waals surface area contributed by atoms with Crippen molar-refractivity contribution in [1.29, 1.82) is 0 Å². The van der Waals surface area contributed by atoms with E-state index in [0.29, 0.717) is 13.1 Å². The zero-order valence-corrected chi connectivity index (χ0v) is 11.0. The van der Waals surface area contributed by atoms with Gasteiger partial charge in [0.1, 0.15) is 5.75 Å². The summed E-state index contributed by atoms with van der Waals surface area (Å²) >= 11 is 0. The van der Waals surface area contributed by atoms with Crippen LogP contribution in [0.4, 0.5) is 0 Å². The summed E-state index contributed by atoms with van der Waals surface area (Å²) in [7, 11) is 3.47. The van der Waals surface area contributed by atoms with Gasteiger partial charge >= 0.3 is 0 Å². The molecule has 0 radical (unpaired) electrons. The first-order chi connectivity index (χ1) is 8.61. The molecule has 4 heteroatoms. The third kappa shape index (κ3) is 2.48. The van der Waals surface area contributed by atoms with Crippen LogP contribution in [0, 0.1) is 5.41 Å². The zero-order valence-electron chi connectivity index (χ0n) is 11.0. The van der Waals surface area contributed by atoms with Gasteiger partial charge in [-0.25, -0.2) is 0 Å². The molecule has 0 aromatic heterocycles. The van der Waals surface area contributed by atoms with Crippen LogP contribution in [0.2, 0.25) is 0 Å². The van der Waals surface area contributed by atoms with Crippen LogP contribution in [-0.2, 0) is 11.3 Å². The third-order valence-corrected chi connectivity index (χ3v) is 3.60. The van der Waals surface area contributed by atoms with E-state index in [0.717, 1.165) is 24.2 Å². The monoisotopic (exact) mass is 248 g/mol. The lowest BCUT2D eigenvalue weighted by atomic mass is 10.1. The fraction of sp³-hybridized carbons (Fsp3) is 0.500. The van der Waals surface area contributed by atoms with Gasteiger partial charge < -0.3 is 15.4 Å². The number of hydrogen-bond donors (Lipinski definition) is 1. The Labute approximate surface area is 108 Å². The normalized spacial score (nSPS) is 16.2. The maximum atomic E-state index is 12.2. The Bertz CT molecular complexity index is 441. The molecule has 0 bridgehead atoms. The highest BCUT2D eigenvalue weighted by atomic mass is 16.5. The van der Waals surface area contributed by atoms with E-state index < -0.39 is 0 Å². The molecule has 1 fully saturated rings. The zero-order chi connectivity index (χ0) is 13.2. The Hall–Kier alpha value is -1.55. The second kappa shape index (κ2) is 4.98. The van der Waals surface area contributed by atoms with Crippen molar-refractivity contribution in [3.05, 3.63) is 29.8 Å². The Morgan fingerprint density at radius 1 is 1.50 bits per heavy atom. The van der Waals surface area contributed by atoms with Crippen LogP contribution in [0.3, 0.4) is 0 Å². The third-order valence-electron chi connectivity index (χ3n) is 3.60.